The van der Waals surface area contributed by atoms with E-state index in [2.05, 4.69) is 17.6 Å². The van der Waals surface area contributed by atoms with Crippen LogP contribution in [0.5, 0.6) is 0 Å². The molecule has 1 aliphatic heterocycles. The maximum absolute atomic E-state index is 11.7. The lowest BCUT2D eigenvalue weighted by molar-refractivity contribution is -0.124. The average Bonchev–Trinajstić information content (AvgIpc) is 2.28. The van der Waals surface area contributed by atoms with Crippen LogP contribution in [0.15, 0.2) is 0 Å². The quantitative estimate of drug-likeness (QED) is 0.597. The van der Waals surface area contributed by atoms with Crippen molar-refractivity contribution in [2.45, 2.75) is 26.3 Å². The second-order valence-corrected chi connectivity index (χ2v) is 5.04. The molecule has 5 nitrogen and oxygen atoms in total. The molecule has 1 atom stereocenters. The number of hydrogen-bond donors (Lipinski definition) is 2. The summed E-state index contributed by atoms with van der Waals surface area (Å²) in [6.07, 6.45) is 0.848. The third-order valence-corrected chi connectivity index (χ3v) is 2.95. The fraction of sp³-hybridized carbons (Fsp3) is 0.917. The van der Waals surface area contributed by atoms with Crippen LogP contribution in [-0.4, -0.2) is 52.0 Å². The van der Waals surface area contributed by atoms with Crippen molar-refractivity contribution in [2.24, 2.45) is 5.41 Å². The smallest absolute Gasteiger partial charge is 0.236 e. The van der Waals surface area contributed by atoms with Crippen molar-refractivity contribution < 1.29 is 14.3 Å². The van der Waals surface area contributed by atoms with Crippen LogP contribution in [0.25, 0.3) is 0 Å². The van der Waals surface area contributed by atoms with Gasteiger partial charge < -0.3 is 20.1 Å². The molecule has 1 unspecified atom stereocenters. The van der Waals surface area contributed by atoms with Crippen LogP contribution in [0.2, 0.25) is 0 Å². The van der Waals surface area contributed by atoms with Gasteiger partial charge in [0.25, 0.3) is 0 Å². The summed E-state index contributed by atoms with van der Waals surface area (Å²) in [5.74, 6) is 0.0462. The summed E-state index contributed by atoms with van der Waals surface area (Å²) in [5.41, 5.74) is 0.199. The maximum Gasteiger partial charge on any atom is 0.236 e. The second-order valence-electron chi connectivity index (χ2n) is 5.04. The minimum atomic E-state index is -0.157. The van der Waals surface area contributed by atoms with Crippen molar-refractivity contribution >= 4 is 5.91 Å². The summed E-state index contributed by atoms with van der Waals surface area (Å²) < 4.78 is 10.1. The molecule has 0 aliphatic carbocycles. The van der Waals surface area contributed by atoms with Gasteiger partial charge in [-0.05, 0) is 13.3 Å². The van der Waals surface area contributed by atoms with Crippen LogP contribution in [0, 0.1) is 5.41 Å². The number of amides is 1. The van der Waals surface area contributed by atoms with Crippen LogP contribution in [0.4, 0.5) is 0 Å². The van der Waals surface area contributed by atoms with Crippen molar-refractivity contribution in [3.05, 3.63) is 0 Å². The largest absolute Gasteiger partial charge is 0.385 e. The predicted molar refractivity (Wildman–Crippen MR) is 65.9 cm³/mol. The molecule has 1 heterocycles. The number of carbonyl (C=O) groups is 1. The van der Waals surface area contributed by atoms with Crippen LogP contribution in [0.3, 0.4) is 0 Å². The van der Waals surface area contributed by atoms with E-state index < -0.39 is 0 Å². The Morgan fingerprint density at radius 2 is 2.24 bits per heavy atom. The summed E-state index contributed by atoms with van der Waals surface area (Å²) in [7, 11) is 1.66. The first kappa shape index (κ1) is 14.4. The van der Waals surface area contributed by atoms with Gasteiger partial charge >= 0.3 is 0 Å². The summed E-state index contributed by atoms with van der Waals surface area (Å²) in [6.45, 7) is 7.77. The average molecular weight is 244 g/mol. The van der Waals surface area contributed by atoms with Gasteiger partial charge in [-0.1, -0.05) is 6.92 Å². The lowest BCUT2D eigenvalue weighted by Crippen LogP contribution is -2.52. The fourth-order valence-corrected chi connectivity index (χ4v) is 1.63. The Morgan fingerprint density at radius 1 is 1.53 bits per heavy atom. The minimum Gasteiger partial charge on any atom is -0.385 e. The third kappa shape index (κ3) is 5.02. The normalized spacial score (nSPS) is 19.5. The third-order valence-electron chi connectivity index (χ3n) is 2.95. The monoisotopic (exact) mass is 244 g/mol. The Balaban J connectivity index is 2.09. The van der Waals surface area contributed by atoms with Crippen molar-refractivity contribution in [1.29, 1.82) is 0 Å². The van der Waals surface area contributed by atoms with Gasteiger partial charge in [0.15, 0.2) is 0 Å². The first-order valence-electron chi connectivity index (χ1n) is 6.15. The van der Waals surface area contributed by atoms with Gasteiger partial charge in [-0.3, -0.25) is 4.79 Å². The van der Waals surface area contributed by atoms with E-state index in [4.69, 9.17) is 9.47 Å². The van der Waals surface area contributed by atoms with Crippen molar-refractivity contribution in [3.8, 4) is 0 Å². The molecule has 1 saturated heterocycles. The van der Waals surface area contributed by atoms with Crippen LogP contribution in [-0.2, 0) is 14.3 Å². The minimum absolute atomic E-state index is 0.0462. The van der Waals surface area contributed by atoms with Crippen molar-refractivity contribution in [1.82, 2.24) is 10.6 Å². The molecule has 1 aliphatic rings. The van der Waals surface area contributed by atoms with E-state index in [9.17, 15) is 4.79 Å². The first-order valence-corrected chi connectivity index (χ1v) is 6.15. The zero-order chi connectivity index (χ0) is 12.7. The number of methoxy groups -OCH3 is 1. The Labute approximate surface area is 103 Å². The molecule has 0 saturated carbocycles. The zero-order valence-electron chi connectivity index (χ0n) is 11.0. The van der Waals surface area contributed by atoms with Crippen molar-refractivity contribution in [2.75, 3.05) is 40.0 Å². The molecule has 17 heavy (non-hydrogen) atoms. The Bertz CT molecular complexity index is 242. The van der Waals surface area contributed by atoms with E-state index >= 15 is 0 Å². The molecule has 1 fully saturated rings. The molecule has 0 radical (unpaired) electrons. The molecule has 0 aromatic heterocycles. The molecule has 0 aromatic carbocycles. The molecule has 5 heteroatoms. The van der Waals surface area contributed by atoms with Gasteiger partial charge in [-0.2, -0.15) is 0 Å². The summed E-state index contributed by atoms with van der Waals surface area (Å²) in [4.78, 5) is 11.7. The van der Waals surface area contributed by atoms with Gasteiger partial charge in [-0.25, -0.2) is 0 Å². The van der Waals surface area contributed by atoms with Crippen LogP contribution >= 0.6 is 0 Å². The van der Waals surface area contributed by atoms with Crippen molar-refractivity contribution in [3.63, 3.8) is 0 Å². The van der Waals surface area contributed by atoms with E-state index in [0.29, 0.717) is 13.2 Å². The number of ether oxygens (including phenoxy) is 2. The lowest BCUT2D eigenvalue weighted by Gasteiger charge is -2.38. The van der Waals surface area contributed by atoms with E-state index in [0.717, 1.165) is 26.2 Å². The maximum atomic E-state index is 11.7. The number of carbonyl (C=O) groups excluding carboxylic acids is 1. The summed E-state index contributed by atoms with van der Waals surface area (Å²) in [5, 5.41) is 6.12. The molecule has 1 amide bonds. The number of rotatable bonds is 8. The molecule has 0 bridgehead atoms. The highest BCUT2D eigenvalue weighted by atomic mass is 16.5. The highest BCUT2D eigenvalue weighted by Gasteiger charge is 2.33. The predicted octanol–water partition coefficient (Wildman–Crippen LogP) is 0.154. The number of nitrogens with one attached hydrogen (secondary N) is 2. The molecular weight excluding hydrogens is 220 g/mol. The Morgan fingerprint density at radius 3 is 2.76 bits per heavy atom. The van der Waals surface area contributed by atoms with E-state index in [1.807, 2.05) is 6.92 Å². The Kier molecular flexibility index (Phi) is 5.88. The lowest BCUT2D eigenvalue weighted by atomic mass is 9.88. The van der Waals surface area contributed by atoms with Crippen LogP contribution < -0.4 is 10.6 Å². The molecule has 1 rings (SSSR count). The fourth-order valence-electron chi connectivity index (χ4n) is 1.63. The standard InChI is InChI=1S/C12H24N2O3/c1-10(11(15)13-5-4-6-16-3)14-7-12(2)8-17-9-12/h10,14H,4-9H2,1-3H3,(H,13,15). The Hall–Kier alpha value is -0.650. The van der Waals surface area contributed by atoms with Crippen LogP contribution in [0.1, 0.15) is 20.3 Å². The van der Waals surface area contributed by atoms with E-state index in [1.54, 1.807) is 7.11 Å². The topological polar surface area (TPSA) is 59.6 Å². The molecule has 0 spiro atoms. The SMILES string of the molecule is COCCCNC(=O)C(C)NCC1(C)COC1. The molecule has 0 aromatic rings. The van der Waals surface area contributed by atoms with Gasteiger partial charge in [-0.15, -0.1) is 0 Å². The number of hydrogen-bond acceptors (Lipinski definition) is 4. The second kappa shape index (κ2) is 6.93. The van der Waals surface area contributed by atoms with Gasteiger partial charge in [0.1, 0.15) is 0 Å². The summed E-state index contributed by atoms with van der Waals surface area (Å²) in [6, 6.07) is -0.157. The highest BCUT2D eigenvalue weighted by Crippen LogP contribution is 2.25. The van der Waals surface area contributed by atoms with Gasteiger partial charge in [0.05, 0.1) is 19.3 Å². The first-order chi connectivity index (χ1) is 8.07. The molecule has 2 N–H and O–H groups in total. The van der Waals surface area contributed by atoms with E-state index in [-0.39, 0.29) is 17.4 Å². The zero-order valence-corrected chi connectivity index (χ0v) is 11.0. The van der Waals surface area contributed by atoms with E-state index in [1.165, 1.54) is 0 Å². The van der Waals surface area contributed by atoms with Gasteiger partial charge in [0.2, 0.25) is 5.91 Å². The molecular formula is C12H24N2O3. The molecule has 100 valence electrons. The van der Waals surface area contributed by atoms with Gasteiger partial charge in [0, 0.05) is 32.2 Å². The highest BCUT2D eigenvalue weighted by molar-refractivity contribution is 5.81. The summed E-state index contributed by atoms with van der Waals surface area (Å²) >= 11 is 0.